The van der Waals surface area contributed by atoms with E-state index in [0.29, 0.717) is 10.3 Å². The molecule has 5 rings (SSSR count). The van der Waals surface area contributed by atoms with Gasteiger partial charge in [0.05, 0.1) is 17.0 Å². The molecule has 2 amide bonds. The van der Waals surface area contributed by atoms with Crippen LogP contribution in [0.1, 0.15) is 20.8 Å². The summed E-state index contributed by atoms with van der Waals surface area (Å²) in [4.78, 5) is 34.8. The first-order valence-corrected chi connectivity index (χ1v) is 12.0. The van der Waals surface area contributed by atoms with Crippen molar-refractivity contribution in [3.8, 4) is 22.5 Å². The van der Waals surface area contributed by atoms with E-state index < -0.39 is 11.8 Å². The van der Waals surface area contributed by atoms with Gasteiger partial charge in [-0.15, -0.1) is 22.7 Å². The number of nitrogens with zero attached hydrogens (tertiary/aromatic N) is 4. The molecule has 168 valence electrons. The van der Waals surface area contributed by atoms with Gasteiger partial charge < -0.3 is 0 Å². The number of carbonyl (C=O) groups excluding carboxylic acids is 2. The number of aromatic nitrogens is 4. The smallest absolute Gasteiger partial charge is 0.278 e. The highest BCUT2D eigenvalue weighted by molar-refractivity contribution is 7.14. The Hall–Kier alpha value is -4.15. The molecular weight excluding hydrogens is 468 g/mol. The molecule has 0 aliphatic rings. The zero-order chi connectivity index (χ0) is 23.5. The van der Waals surface area contributed by atoms with Gasteiger partial charge in [0.25, 0.3) is 11.8 Å². The minimum atomic E-state index is -0.510. The first kappa shape index (κ1) is 21.7. The van der Waals surface area contributed by atoms with Crippen LogP contribution in [0.5, 0.6) is 0 Å². The Morgan fingerprint density at radius 2 is 1.26 bits per heavy atom. The predicted molar refractivity (Wildman–Crippen MR) is 134 cm³/mol. The van der Waals surface area contributed by atoms with Gasteiger partial charge in [0, 0.05) is 35.1 Å². The maximum absolute atomic E-state index is 12.9. The highest BCUT2D eigenvalue weighted by Crippen LogP contribution is 2.26. The van der Waals surface area contributed by atoms with E-state index in [1.165, 1.54) is 33.6 Å². The van der Waals surface area contributed by atoms with Gasteiger partial charge in [-0.1, -0.05) is 60.7 Å². The second-order valence-electron chi connectivity index (χ2n) is 7.28. The average Bonchev–Trinajstić information content (AvgIpc) is 3.60. The Bertz CT molecular complexity index is 1350. The van der Waals surface area contributed by atoms with Gasteiger partial charge in [0.2, 0.25) is 0 Å². The third kappa shape index (κ3) is 4.63. The molecule has 0 radical (unpaired) electrons. The molecule has 5 aromatic rings. The number of aryl methyl sites for hydroxylation is 1. The van der Waals surface area contributed by atoms with E-state index in [0.717, 1.165) is 22.5 Å². The fourth-order valence-corrected chi connectivity index (χ4v) is 4.72. The minimum Gasteiger partial charge on any atom is -0.298 e. The summed E-state index contributed by atoms with van der Waals surface area (Å²) in [6.45, 7) is 0. The summed E-state index contributed by atoms with van der Waals surface area (Å²) in [5.41, 5.74) is 3.60. The summed E-state index contributed by atoms with van der Waals surface area (Å²) in [5, 5.41) is 14.3. The summed E-state index contributed by atoms with van der Waals surface area (Å²) >= 11 is 2.62. The van der Waals surface area contributed by atoms with Crippen molar-refractivity contribution in [1.29, 1.82) is 0 Å². The fraction of sp³-hybridized carbons (Fsp3) is 0.0417. The van der Waals surface area contributed by atoms with Gasteiger partial charge in [-0.05, 0) is 0 Å². The van der Waals surface area contributed by atoms with Crippen LogP contribution in [0, 0.1) is 0 Å². The number of rotatable bonds is 6. The van der Waals surface area contributed by atoms with Crippen LogP contribution in [0.25, 0.3) is 22.5 Å². The van der Waals surface area contributed by atoms with E-state index in [2.05, 4.69) is 25.7 Å². The number of benzene rings is 2. The number of nitrogens with one attached hydrogen (secondary N) is 2. The van der Waals surface area contributed by atoms with E-state index >= 15 is 0 Å². The molecule has 0 aliphatic carbocycles. The van der Waals surface area contributed by atoms with Crippen molar-refractivity contribution in [3.05, 3.63) is 88.9 Å². The highest BCUT2D eigenvalue weighted by Gasteiger charge is 2.23. The van der Waals surface area contributed by atoms with Crippen molar-refractivity contribution in [2.75, 3.05) is 10.6 Å². The Morgan fingerprint density at radius 1 is 0.765 bits per heavy atom. The summed E-state index contributed by atoms with van der Waals surface area (Å²) in [6, 6.07) is 19.4. The van der Waals surface area contributed by atoms with E-state index in [1.54, 1.807) is 7.05 Å². The zero-order valence-electron chi connectivity index (χ0n) is 17.9. The Balaban J connectivity index is 1.31. The highest BCUT2D eigenvalue weighted by atomic mass is 32.1. The first-order valence-electron chi connectivity index (χ1n) is 10.2. The van der Waals surface area contributed by atoms with E-state index in [-0.39, 0.29) is 11.3 Å². The lowest BCUT2D eigenvalue weighted by atomic mass is 10.2. The number of amides is 2. The molecule has 10 heteroatoms. The summed E-state index contributed by atoms with van der Waals surface area (Å²) in [5.74, 6) is -0.972. The second kappa shape index (κ2) is 9.38. The minimum absolute atomic E-state index is 0.0105. The van der Waals surface area contributed by atoms with Crippen molar-refractivity contribution >= 4 is 44.8 Å². The maximum atomic E-state index is 12.9. The van der Waals surface area contributed by atoms with Gasteiger partial charge in [-0.25, -0.2) is 9.97 Å². The molecule has 0 saturated carbocycles. The standard InChI is InChI=1S/C24H18N6O2S2/c1-30-12-17(21(31)27-23-25-18(13-33-23)15-8-4-2-5-9-15)20(29-30)22(32)28-24-26-19(14-34-24)16-10-6-3-7-11-16/h2-14H,1H3,(H,25,27,31)(H,26,28,32). The maximum Gasteiger partial charge on any atom is 0.278 e. The molecule has 0 unspecified atom stereocenters. The summed E-state index contributed by atoms with van der Waals surface area (Å²) < 4.78 is 1.43. The lowest BCUT2D eigenvalue weighted by molar-refractivity contribution is 0.0988. The van der Waals surface area contributed by atoms with Crippen LogP contribution < -0.4 is 10.6 Å². The topological polar surface area (TPSA) is 102 Å². The lowest BCUT2D eigenvalue weighted by Gasteiger charge is -2.03. The van der Waals surface area contributed by atoms with Crippen molar-refractivity contribution < 1.29 is 9.59 Å². The van der Waals surface area contributed by atoms with Gasteiger partial charge in [0.1, 0.15) is 0 Å². The molecule has 8 nitrogen and oxygen atoms in total. The third-order valence-corrected chi connectivity index (χ3v) is 6.39. The van der Waals surface area contributed by atoms with Gasteiger partial charge in [-0.3, -0.25) is 24.9 Å². The Labute approximate surface area is 203 Å². The fourth-order valence-electron chi connectivity index (χ4n) is 3.29. The Kier molecular flexibility index (Phi) is 5.98. The summed E-state index contributed by atoms with van der Waals surface area (Å²) in [6.07, 6.45) is 1.51. The average molecular weight is 487 g/mol. The largest absolute Gasteiger partial charge is 0.298 e. The van der Waals surface area contributed by atoms with Crippen LogP contribution in [0.4, 0.5) is 10.3 Å². The van der Waals surface area contributed by atoms with Gasteiger partial charge >= 0.3 is 0 Å². The molecule has 2 aromatic carbocycles. The van der Waals surface area contributed by atoms with Crippen molar-refractivity contribution in [2.24, 2.45) is 7.05 Å². The van der Waals surface area contributed by atoms with Crippen LogP contribution in [0.15, 0.2) is 77.6 Å². The van der Waals surface area contributed by atoms with Crippen LogP contribution in [0.2, 0.25) is 0 Å². The van der Waals surface area contributed by atoms with Crippen LogP contribution >= 0.6 is 22.7 Å². The lowest BCUT2D eigenvalue weighted by Crippen LogP contribution is -2.19. The number of hydrogen-bond acceptors (Lipinski definition) is 7. The molecule has 3 heterocycles. The number of hydrogen-bond donors (Lipinski definition) is 2. The van der Waals surface area contributed by atoms with Gasteiger partial charge in [0.15, 0.2) is 16.0 Å². The molecular formula is C24H18N6O2S2. The SMILES string of the molecule is Cn1cc(C(=O)Nc2nc(-c3ccccc3)cs2)c(C(=O)Nc2nc(-c3ccccc3)cs2)n1. The molecule has 0 fully saturated rings. The van der Waals surface area contributed by atoms with Gasteiger partial charge in [-0.2, -0.15) is 5.10 Å². The molecule has 2 N–H and O–H groups in total. The van der Waals surface area contributed by atoms with E-state index in [4.69, 9.17) is 0 Å². The Morgan fingerprint density at radius 3 is 1.79 bits per heavy atom. The van der Waals surface area contributed by atoms with E-state index in [9.17, 15) is 9.59 Å². The van der Waals surface area contributed by atoms with Crippen molar-refractivity contribution in [2.45, 2.75) is 0 Å². The number of thiazole rings is 2. The van der Waals surface area contributed by atoms with Crippen molar-refractivity contribution in [3.63, 3.8) is 0 Å². The predicted octanol–water partition coefficient (Wildman–Crippen LogP) is 5.17. The zero-order valence-corrected chi connectivity index (χ0v) is 19.6. The number of anilines is 2. The molecule has 34 heavy (non-hydrogen) atoms. The second-order valence-corrected chi connectivity index (χ2v) is 9.00. The normalized spacial score (nSPS) is 10.7. The van der Waals surface area contributed by atoms with Crippen LogP contribution in [-0.4, -0.2) is 31.6 Å². The molecule has 0 aliphatic heterocycles. The summed E-state index contributed by atoms with van der Waals surface area (Å²) in [7, 11) is 1.65. The number of carbonyl (C=O) groups is 2. The monoisotopic (exact) mass is 486 g/mol. The van der Waals surface area contributed by atoms with Crippen molar-refractivity contribution in [1.82, 2.24) is 19.7 Å². The molecule has 0 bridgehead atoms. The molecule has 0 atom stereocenters. The molecule has 0 spiro atoms. The van der Waals surface area contributed by atoms with E-state index in [1.807, 2.05) is 71.4 Å². The third-order valence-electron chi connectivity index (χ3n) is 4.88. The van der Waals surface area contributed by atoms with Crippen LogP contribution in [-0.2, 0) is 7.05 Å². The van der Waals surface area contributed by atoms with Crippen LogP contribution in [0.3, 0.4) is 0 Å². The molecule has 0 saturated heterocycles. The molecule has 3 aromatic heterocycles. The first-order chi connectivity index (χ1) is 16.6. The quantitative estimate of drug-likeness (QED) is 0.345.